The number of amides is 1. The standard InChI is InChI=1S/C24H24Cl3N5OS/c1-15(17-9-12-20(26)21(27)13-17)28-29-22(33)14-34-24-31-30-23(16-7-10-18(25)11-8-16)32(24)19-5-3-2-4-6-19/h7-13,19H,2-6,14H2,1H3,(H,29,33)/b28-15+. The van der Waals surface area contributed by atoms with Crippen LogP contribution in [0.4, 0.5) is 0 Å². The number of benzene rings is 2. The van der Waals surface area contributed by atoms with E-state index in [2.05, 4.69) is 25.3 Å². The van der Waals surface area contributed by atoms with E-state index in [1.807, 2.05) is 24.3 Å². The Kier molecular flexibility index (Phi) is 8.53. The maximum absolute atomic E-state index is 12.5. The van der Waals surface area contributed by atoms with Gasteiger partial charge in [0.25, 0.3) is 5.91 Å². The van der Waals surface area contributed by atoms with E-state index in [1.165, 1.54) is 31.0 Å². The molecule has 0 radical (unpaired) electrons. The summed E-state index contributed by atoms with van der Waals surface area (Å²) in [6.07, 6.45) is 5.75. The molecule has 0 saturated heterocycles. The van der Waals surface area contributed by atoms with Gasteiger partial charge in [0, 0.05) is 16.6 Å². The van der Waals surface area contributed by atoms with Crippen molar-refractivity contribution in [3.63, 3.8) is 0 Å². The van der Waals surface area contributed by atoms with Gasteiger partial charge in [-0.3, -0.25) is 9.36 Å². The first-order chi connectivity index (χ1) is 16.4. The van der Waals surface area contributed by atoms with E-state index in [4.69, 9.17) is 34.8 Å². The van der Waals surface area contributed by atoms with Gasteiger partial charge in [0.15, 0.2) is 11.0 Å². The van der Waals surface area contributed by atoms with Crippen LogP contribution in [0.2, 0.25) is 15.1 Å². The van der Waals surface area contributed by atoms with E-state index in [9.17, 15) is 4.79 Å². The highest BCUT2D eigenvalue weighted by Crippen LogP contribution is 2.35. The van der Waals surface area contributed by atoms with Crippen molar-refractivity contribution in [2.24, 2.45) is 5.10 Å². The first kappa shape index (κ1) is 25.0. The number of halogens is 3. The van der Waals surface area contributed by atoms with Gasteiger partial charge in [-0.2, -0.15) is 5.10 Å². The zero-order valence-corrected chi connectivity index (χ0v) is 21.7. The lowest BCUT2D eigenvalue weighted by molar-refractivity contribution is -0.118. The fraction of sp³-hybridized carbons (Fsp3) is 0.333. The summed E-state index contributed by atoms with van der Waals surface area (Å²) in [7, 11) is 0. The highest BCUT2D eigenvalue weighted by Gasteiger charge is 2.24. The number of hydrogen-bond acceptors (Lipinski definition) is 5. The van der Waals surface area contributed by atoms with Crippen LogP contribution in [0.3, 0.4) is 0 Å². The van der Waals surface area contributed by atoms with E-state index in [0.717, 1.165) is 34.9 Å². The average molecular weight is 537 g/mol. The largest absolute Gasteiger partial charge is 0.299 e. The molecule has 178 valence electrons. The third-order valence-corrected chi connectivity index (χ3v) is 7.66. The molecule has 1 saturated carbocycles. The van der Waals surface area contributed by atoms with Crippen LogP contribution in [0.1, 0.15) is 50.6 Å². The first-order valence-electron chi connectivity index (χ1n) is 11.0. The molecule has 0 unspecified atom stereocenters. The van der Waals surface area contributed by atoms with Gasteiger partial charge in [-0.05, 0) is 61.7 Å². The van der Waals surface area contributed by atoms with E-state index in [1.54, 1.807) is 25.1 Å². The van der Waals surface area contributed by atoms with Crippen molar-refractivity contribution < 1.29 is 4.79 Å². The summed E-state index contributed by atoms with van der Waals surface area (Å²) in [6, 6.07) is 13.1. The molecule has 0 spiro atoms. The highest BCUT2D eigenvalue weighted by molar-refractivity contribution is 7.99. The number of carbonyl (C=O) groups is 1. The van der Waals surface area contributed by atoms with Gasteiger partial charge in [0.1, 0.15) is 0 Å². The summed E-state index contributed by atoms with van der Waals surface area (Å²) in [4.78, 5) is 12.5. The monoisotopic (exact) mass is 535 g/mol. The molecule has 4 rings (SSSR count). The molecule has 2 aromatic carbocycles. The second kappa shape index (κ2) is 11.6. The zero-order valence-electron chi connectivity index (χ0n) is 18.6. The topological polar surface area (TPSA) is 72.2 Å². The zero-order chi connectivity index (χ0) is 24.1. The van der Waals surface area contributed by atoms with Crippen LogP contribution in [-0.4, -0.2) is 32.1 Å². The summed E-state index contributed by atoms with van der Waals surface area (Å²) in [6.45, 7) is 1.80. The van der Waals surface area contributed by atoms with Crippen LogP contribution in [0.5, 0.6) is 0 Å². The molecule has 34 heavy (non-hydrogen) atoms. The van der Waals surface area contributed by atoms with Crippen LogP contribution in [0.15, 0.2) is 52.7 Å². The second-order valence-corrected chi connectivity index (χ2v) is 10.3. The molecule has 3 aromatic rings. The van der Waals surface area contributed by atoms with Gasteiger partial charge < -0.3 is 0 Å². The van der Waals surface area contributed by atoms with Gasteiger partial charge in [0.05, 0.1) is 21.5 Å². The number of aromatic nitrogens is 3. The van der Waals surface area contributed by atoms with Gasteiger partial charge in [-0.15, -0.1) is 10.2 Å². The van der Waals surface area contributed by atoms with Gasteiger partial charge in [0.2, 0.25) is 0 Å². The second-order valence-electron chi connectivity index (χ2n) is 8.12. The third kappa shape index (κ3) is 6.13. The van der Waals surface area contributed by atoms with Crippen LogP contribution in [-0.2, 0) is 4.79 Å². The fourth-order valence-electron chi connectivity index (χ4n) is 3.93. The number of nitrogens with one attached hydrogen (secondary N) is 1. The van der Waals surface area contributed by atoms with Crippen molar-refractivity contribution in [2.45, 2.75) is 50.2 Å². The van der Waals surface area contributed by atoms with Gasteiger partial charge >= 0.3 is 0 Å². The van der Waals surface area contributed by atoms with Crippen molar-refractivity contribution in [3.05, 3.63) is 63.1 Å². The molecule has 0 aliphatic heterocycles. The van der Waals surface area contributed by atoms with Crippen LogP contribution >= 0.6 is 46.6 Å². The first-order valence-corrected chi connectivity index (χ1v) is 13.2. The molecule has 1 aliphatic carbocycles. The van der Waals surface area contributed by atoms with Crippen molar-refractivity contribution in [2.75, 3.05) is 5.75 Å². The molecule has 1 heterocycles. The number of hydrazone groups is 1. The summed E-state index contributed by atoms with van der Waals surface area (Å²) < 4.78 is 2.19. The van der Waals surface area contributed by atoms with E-state index in [-0.39, 0.29) is 11.7 Å². The maximum Gasteiger partial charge on any atom is 0.250 e. The minimum absolute atomic E-state index is 0.170. The Bertz CT molecular complexity index is 1190. The molecular weight excluding hydrogens is 513 g/mol. The third-order valence-electron chi connectivity index (χ3n) is 5.72. The average Bonchev–Trinajstić information content (AvgIpc) is 3.28. The number of thioether (sulfide) groups is 1. The Morgan fingerprint density at radius 3 is 2.50 bits per heavy atom. The molecule has 10 heteroatoms. The predicted molar refractivity (Wildman–Crippen MR) is 140 cm³/mol. The number of carbonyl (C=O) groups excluding carboxylic acids is 1. The summed E-state index contributed by atoms with van der Waals surface area (Å²) in [5.41, 5.74) is 4.98. The highest BCUT2D eigenvalue weighted by atomic mass is 35.5. The molecule has 6 nitrogen and oxygen atoms in total. The SMILES string of the molecule is C/C(=N\NC(=O)CSc1nnc(-c2ccc(Cl)cc2)n1C1CCCCC1)c1ccc(Cl)c(Cl)c1. The molecule has 1 aliphatic rings. The predicted octanol–water partition coefficient (Wildman–Crippen LogP) is 7.04. The van der Waals surface area contributed by atoms with Gasteiger partial charge in [-0.1, -0.05) is 71.9 Å². The van der Waals surface area contributed by atoms with Crippen LogP contribution < -0.4 is 5.43 Å². The maximum atomic E-state index is 12.5. The van der Waals surface area contributed by atoms with Crippen molar-refractivity contribution in [1.29, 1.82) is 0 Å². The summed E-state index contributed by atoms with van der Waals surface area (Å²) in [5.74, 6) is 0.750. The van der Waals surface area contributed by atoms with Crippen LogP contribution in [0.25, 0.3) is 11.4 Å². The molecule has 1 amide bonds. The lowest BCUT2D eigenvalue weighted by Crippen LogP contribution is -2.22. The minimum Gasteiger partial charge on any atom is -0.299 e. The lowest BCUT2D eigenvalue weighted by atomic mass is 9.95. The van der Waals surface area contributed by atoms with E-state index >= 15 is 0 Å². The molecule has 0 atom stereocenters. The van der Waals surface area contributed by atoms with Crippen LogP contribution in [0, 0.1) is 0 Å². The summed E-state index contributed by atoms with van der Waals surface area (Å²) >= 11 is 19.5. The Labute approximate surface area is 218 Å². The smallest absolute Gasteiger partial charge is 0.250 e. The lowest BCUT2D eigenvalue weighted by Gasteiger charge is -2.25. The van der Waals surface area contributed by atoms with E-state index in [0.29, 0.717) is 26.8 Å². The van der Waals surface area contributed by atoms with Crippen molar-refractivity contribution in [3.8, 4) is 11.4 Å². The molecular formula is C24H24Cl3N5OS. The molecule has 1 aromatic heterocycles. The molecule has 1 fully saturated rings. The molecule has 1 N–H and O–H groups in total. The molecule has 0 bridgehead atoms. The fourth-order valence-corrected chi connectivity index (χ4v) is 5.16. The minimum atomic E-state index is -0.226. The van der Waals surface area contributed by atoms with Gasteiger partial charge in [-0.25, -0.2) is 5.43 Å². The Balaban J connectivity index is 1.47. The van der Waals surface area contributed by atoms with Crippen molar-refractivity contribution in [1.82, 2.24) is 20.2 Å². The Morgan fingerprint density at radius 1 is 1.06 bits per heavy atom. The number of nitrogens with zero attached hydrogens (tertiary/aromatic N) is 4. The normalized spacial score (nSPS) is 14.9. The Morgan fingerprint density at radius 2 is 1.79 bits per heavy atom. The number of rotatable bonds is 7. The van der Waals surface area contributed by atoms with Crippen molar-refractivity contribution >= 4 is 58.2 Å². The quantitative estimate of drug-likeness (QED) is 0.200. The summed E-state index contributed by atoms with van der Waals surface area (Å²) in [5, 5.41) is 15.4. The number of hydrogen-bond donors (Lipinski definition) is 1. The Hall–Kier alpha value is -2.06. The van der Waals surface area contributed by atoms with E-state index < -0.39 is 0 Å².